The molecule has 4 nitrogen and oxygen atoms in total. The first-order chi connectivity index (χ1) is 9.20. The highest BCUT2D eigenvalue weighted by atomic mass is 35.5. The van der Waals surface area contributed by atoms with Gasteiger partial charge in [0, 0.05) is 13.1 Å². The Hall–Kier alpha value is -1.10. The van der Waals surface area contributed by atoms with Crippen LogP contribution in [0.3, 0.4) is 0 Å². The Bertz CT molecular complexity index is 440. The molecule has 20 heavy (non-hydrogen) atoms. The molecule has 3 N–H and O–H groups in total. The first-order valence-electron chi connectivity index (χ1n) is 6.96. The molecule has 1 amide bonds. The van der Waals surface area contributed by atoms with Gasteiger partial charge in [0.05, 0.1) is 12.1 Å². The second kappa shape index (κ2) is 8.25. The van der Waals surface area contributed by atoms with Crippen molar-refractivity contribution in [1.82, 2.24) is 10.6 Å². The van der Waals surface area contributed by atoms with E-state index in [1.165, 1.54) is 11.1 Å². The van der Waals surface area contributed by atoms with Crippen LogP contribution in [0.4, 0.5) is 0 Å². The Labute approximate surface area is 126 Å². The van der Waals surface area contributed by atoms with E-state index in [1.807, 2.05) is 19.1 Å². The fraction of sp³-hybridized carbons (Fsp3) is 0.533. The third-order valence-corrected chi connectivity index (χ3v) is 3.53. The highest BCUT2D eigenvalue weighted by Crippen LogP contribution is 2.16. The fourth-order valence-corrected chi connectivity index (χ4v) is 2.42. The van der Waals surface area contributed by atoms with Crippen LogP contribution in [0.1, 0.15) is 30.9 Å². The summed E-state index contributed by atoms with van der Waals surface area (Å²) >= 11 is 0. The van der Waals surface area contributed by atoms with E-state index < -0.39 is 6.10 Å². The summed E-state index contributed by atoms with van der Waals surface area (Å²) in [5, 5.41) is 15.7. The molecule has 5 heteroatoms. The SMILES string of the molecule is CCCC(O)CNC(=O)C1Cc2ccccc2CN1.Cl. The van der Waals surface area contributed by atoms with Crippen LogP contribution in [0.15, 0.2) is 24.3 Å². The van der Waals surface area contributed by atoms with Crippen molar-refractivity contribution < 1.29 is 9.90 Å². The summed E-state index contributed by atoms with van der Waals surface area (Å²) in [6, 6.07) is 7.99. The summed E-state index contributed by atoms with van der Waals surface area (Å²) in [5.41, 5.74) is 2.49. The molecule has 2 atom stereocenters. The zero-order valence-electron chi connectivity index (χ0n) is 11.8. The van der Waals surface area contributed by atoms with Crippen LogP contribution in [0, 0.1) is 0 Å². The third-order valence-electron chi connectivity index (χ3n) is 3.53. The van der Waals surface area contributed by atoms with E-state index in [4.69, 9.17) is 0 Å². The van der Waals surface area contributed by atoms with Crippen molar-refractivity contribution in [2.24, 2.45) is 0 Å². The van der Waals surface area contributed by atoms with Gasteiger partial charge in [-0.1, -0.05) is 37.6 Å². The molecule has 0 fully saturated rings. The highest BCUT2D eigenvalue weighted by Gasteiger charge is 2.23. The van der Waals surface area contributed by atoms with Gasteiger partial charge in [-0.25, -0.2) is 0 Å². The van der Waals surface area contributed by atoms with Crippen LogP contribution in [-0.2, 0) is 17.8 Å². The molecule has 0 radical (unpaired) electrons. The van der Waals surface area contributed by atoms with Crippen molar-refractivity contribution in [3.8, 4) is 0 Å². The van der Waals surface area contributed by atoms with Crippen molar-refractivity contribution in [3.05, 3.63) is 35.4 Å². The summed E-state index contributed by atoms with van der Waals surface area (Å²) in [7, 11) is 0. The van der Waals surface area contributed by atoms with E-state index in [0.717, 1.165) is 19.4 Å². The van der Waals surface area contributed by atoms with Crippen molar-refractivity contribution in [2.45, 2.75) is 44.9 Å². The minimum absolute atomic E-state index is 0. The number of hydrogen-bond acceptors (Lipinski definition) is 3. The molecule has 0 aromatic heterocycles. The molecular formula is C15H23ClN2O2. The minimum Gasteiger partial charge on any atom is -0.391 e. The molecule has 0 saturated carbocycles. The van der Waals surface area contributed by atoms with Crippen molar-refractivity contribution >= 4 is 18.3 Å². The molecule has 2 unspecified atom stereocenters. The summed E-state index contributed by atoms with van der Waals surface area (Å²) in [6.45, 7) is 3.09. The number of rotatable bonds is 5. The second-order valence-electron chi connectivity index (χ2n) is 5.09. The van der Waals surface area contributed by atoms with Gasteiger partial charge in [0.2, 0.25) is 5.91 Å². The average Bonchev–Trinajstić information content (AvgIpc) is 2.44. The Morgan fingerprint density at radius 1 is 1.45 bits per heavy atom. The number of fused-ring (bicyclic) bond motifs is 1. The Morgan fingerprint density at radius 3 is 2.85 bits per heavy atom. The molecule has 0 spiro atoms. The summed E-state index contributed by atoms with van der Waals surface area (Å²) in [6.07, 6.45) is 1.92. The summed E-state index contributed by atoms with van der Waals surface area (Å²) in [4.78, 5) is 12.0. The second-order valence-corrected chi connectivity index (χ2v) is 5.09. The van der Waals surface area contributed by atoms with E-state index in [-0.39, 0.29) is 24.4 Å². The lowest BCUT2D eigenvalue weighted by atomic mass is 9.95. The van der Waals surface area contributed by atoms with Gasteiger partial charge in [-0.05, 0) is 24.0 Å². The predicted molar refractivity (Wildman–Crippen MR) is 81.9 cm³/mol. The van der Waals surface area contributed by atoms with Gasteiger partial charge in [0.1, 0.15) is 0 Å². The van der Waals surface area contributed by atoms with Crippen LogP contribution in [0.2, 0.25) is 0 Å². The number of halogens is 1. The molecule has 1 heterocycles. The number of hydrogen-bond donors (Lipinski definition) is 3. The quantitative estimate of drug-likeness (QED) is 0.770. The summed E-state index contributed by atoms with van der Waals surface area (Å²) in [5.74, 6) is -0.0235. The van der Waals surface area contributed by atoms with Crippen molar-refractivity contribution in [2.75, 3.05) is 6.54 Å². The monoisotopic (exact) mass is 298 g/mol. The third kappa shape index (κ3) is 4.47. The van der Waals surface area contributed by atoms with Gasteiger partial charge in [0.15, 0.2) is 0 Å². The van der Waals surface area contributed by atoms with Gasteiger partial charge >= 0.3 is 0 Å². The predicted octanol–water partition coefficient (Wildman–Crippen LogP) is 1.40. The highest BCUT2D eigenvalue weighted by molar-refractivity contribution is 5.85. The van der Waals surface area contributed by atoms with E-state index in [9.17, 15) is 9.90 Å². The lowest BCUT2D eigenvalue weighted by molar-refractivity contribution is -0.123. The molecule has 1 aliphatic rings. The summed E-state index contributed by atoms with van der Waals surface area (Å²) < 4.78 is 0. The molecule has 112 valence electrons. The molecule has 0 saturated heterocycles. The Kier molecular flexibility index (Phi) is 6.99. The molecule has 1 aromatic rings. The van der Waals surface area contributed by atoms with Gasteiger partial charge in [-0.2, -0.15) is 0 Å². The number of aliphatic hydroxyl groups is 1. The normalized spacial score (nSPS) is 18.6. The topological polar surface area (TPSA) is 61.4 Å². The van der Waals surface area contributed by atoms with Crippen LogP contribution in [0.5, 0.6) is 0 Å². The Balaban J connectivity index is 0.00000200. The number of nitrogens with one attached hydrogen (secondary N) is 2. The van der Waals surface area contributed by atoms with Gasteiger partial charge in [-0.3, -0.25) is 4.79 Å². The molecule has 1 aliphatic heterocycles. The number of aliphatic hydroxyl groups excluding tert-OH is 1. The molecule has 1 aromatic carbocycles. The van der Waals surface area contributed by atoms with Crippen molar-refractivity contribution in [1.29, 1.82) is 0 Å². The zero-order valence-corrected chi connectivity index (χ0v) is 12.6. The van der Waals surface area contributed by atoms with Gasteiger partial charge in [-0.15, -0.1) is 12.4 Å². The zero-order chi connectivity index (χ0) is 13.7. The van der Waals surface area contributed by atoms with E-state index in [1.54, 1.807) is 0 Å². The van der Waals surface area contributed by atoms with Gasteiger partial charge in [0.25, 0.3) is 0 Å². The van der Waals surface area contributed by atoms with Crippen LogP contribution < -0.4 is 10.6 Å². The van der Waals surface area contributed by atoms with E-state index in [2.05, 4.69) is 22.8 Å². The number of amides is 1. The average molecular weight is 299 g/mol. The standard InChI is InChI=1S/C15H22N2O2.ClH/c1-2-5-13(18)10-17-15(19)14-8-11-6-3-4-7-12(11)9-16-14;/h3-4,6-7,13-14,16,18H,2,5,8-10H2,1H3,(H,17,19);1H. The largest absolute Gasteiger partial charge is 0.391 e. The molecule has 0 aliphatic carbocycles. The first kappa shape index (κ1) is 17.0. The lowest BCUT2D eigenvalue weighted by Crippen LogP contribution is -2.49. The number of benzene rings is 1. The number of carbonyl (C=O) groups excluding carboxylic acids is 1. The van der Waals surface area contributed by atoms with Crippen molar-refractivity contribution in [3.63, 3.8) is 0 Å². The van der Waals surface area contributed by atoms with Crippen LogP contribution in [0.25, 0.3) is 0 Å². The first-order valence-corrected chi connectivity index (χ1v) is 6.96. The fourth-order valence-electron chi connectivity index (χ4n) is 2.42. The molecular weight excluding hydrogens is 276 g/mol. The van der Waals surface area contributed by atoms with E-state index in [0.29, 0.717) is 13.0 Å². The maximum absolute atomic E-state index is 12.0. The maximum Gasteiger partial charge on any atom is 0.237 e. The van der Waals surface area contributed by atoms with Crippen LogP contribution >= 0.6 is 12.4 Å². The van der Waals surface area contributed by atoms with Gasteiger partial charge < -0.3 is 15.7 Å². The van der Waals surface area contributed by atoms with E-state index >= 15 is 0 Å². The smallest absolute Gasteiger partial charge is 0.237 e. The van der Waals surface area contributed by atoms with Crippen LogP contribution in [-0.4, -0.2) is 29.7 Å². The maximum atomic E-state index is 12.0. The number of carbonyl (C=O) groups is 1. The Morgan fingerprint density at radius 2 is 2.15 bits per heavy atom. The minimum atomic E-state index is -0.440. The molecule has 2 rings (SSSR count). The lowest BCUT2D eigenvalue weighted by Gasteiger charge is -2.25. The molecule has 0 bridgehead atoms.